The Kier molecular flexibility index (Phi) is 6.51. The van der Waals surface area contributed by atoms with E-state index in [2.05, 4.69) is 13.8 Å². The molecule has 3 heterocycles. The highest BCUT2D eigenvalue weighted by Gasteiger charge is 2.61. The van der Waals surface area contributed by atoms with Crippen LogP contribution in [0.2, 0.25) is 0 Å². The summed E-state index contributed by atoms with van der Waals surface area (Å²) in [6, 6.07) is 0. The molecule has 194 valence electrons. The van der Waals surface area contributed by atoms with Crippen molar-refractivity contribution in [2.24, 2.45) is 35.0 Å². The van der Waals surface area contributed by atoms with Crippen LogP contribution in [-0.4, -0.2) is 65.8 Å². The summed E-state index contributed by atoms with van der Waals surface area (Å²) in [5.41, 5.74) is -0.193. The van der Waals surface area contributed by atoms with Gasteiger partial charge >= 0.3 is 6.09 Å². The second-order valence-corrected chi connectivity index (χ2v) is 13.6. The molecular formula is C28H47NO5. The fraction of sp³-hybridized carbons (Fsp3) is 0.964. The first-order valence-electron chi connectivity index (χ1n) is 13.9. The predicted molar refractivity (Wildman–Crippen MR) is 130 cm³/mol. The van der Waals surface area contributed by atoms with Gasteiger partial charge in [0.1, 0.15) is 5.60 Å². The number of nitrogens with zero attached hydrogens (tertiary/aromatic N) is 1. The van der Waals surface area contributed by atoms with E-state index in [4.69, 9.17) is 14.2 Å². The van der Waals surface area contributed by atoms with E-state index in [9.17, 15) is 9.90 Å². The lowest BCUT2D eigenvalue weighted by Crippen LogP contribution is -2.63. The van der Waals surface area contributed by atoms with Crippen LogP contribution in [0, 0.1) is 35.0 Å². The van der Waals surface area contributed by atoms with Crippen molar-refractivity contribution >= 4 is 6.09 Å². The summed E-state index contributed by atoms with van der Waals surface area (Å²) in [5, 5.41) is 10.3. The second kappa shape index (κ2) is 8.92. The Hall–Kier alpha value is -0.850. The second-order valence-electron chi connectivity index (χ2n) is 13.6. The normalized spacial score (nSPS) is 44.6. The maximum Gasteiger partial charge on any atom is 0.410 e. The molecule has 6 nitrogen and oxygen atoms in total. The average Bonchev–Trinajstić information content (AvgIpc) is 3.12. The van der Waals surface area contributed by atoms with Crippen LogP contribution >= 0.6 is 0 Å². The maximum atomic E-state index is 12.2. The van der Waals surface area contributed by atoms with Crippen molar-refractivity contribution in [2.75, 3.05) is 26.3 Å². The summed E-state index contributed by atoms with van der Waals surface area (Å²) in [7, 11) is 0. The van der Waals surface area contributed by atoms with Gasteiger partial charge in [0.05, 0.1) is 24.4 Å². The van der Waals surface area contributed by atoms with Crippen molar-refractivity contribution in [2.45, 2.75) is 109 Å². The Morgan fingerprint density at radius 1 is 1.03 bits per heavy atom. The number of rotatable bonds is 4. The van der Waals surface area contributed by atoms with Gasteiger partial charge in [0.2, 0.25) is 0 Å². The van der Waals surface area contributed by atoms with Crippen molar-refractivity contribution in [1.29, 1.82) is 0 Å². The molecule has 0 spiro atoms. The number of hydrogen-bond donors (Lipinski definition) is 1. The molecule has 1 amide bonds. The number of aliphatic hydroxyl groups excluding tert-OH is 1. The number of hydrogen-bond acceptors (Lipinski definition) is 5. The van der Waals surface area contributed by atoms with E-state index < -0.39 is 5.60 Å². The quantitative estimate of drug-likeness (QED) is 0.616. The third kappa shape index (κ3) is 4.41. The number of aliphatic hydroxyl groups is 1. The minimum atomic E-state index is -0.428. The number of ether oxygens (including phenoxy) is 3. The fourth-order valence-electron chi connectivity index (χ4n) is 8.29. The lowest BCUT2D eigenvalue weighted by Gasteiger charge is -2.61. The molecule has 2 aliphatic carbocycles. The first-order valence-corrected chi connectivity index (χ1v) is 13.9. The van der Waals surface area contributed by atoms with Gasteiger partial charge in [-0.25, -0.2) is 4.79 Å². The lowest BCUT2D eigenvalue weighted by molar-refractivity contribution is -0.253. The highest BCUT2D eigenvalue weighted by Crippen LogP contribution is 2.61. The number of likely N-dealkylation sites (tertiary alicyclic amines) is 1. The molecule has 1 N–H and O–H groups in total. The monoisotopic (exact) mass is 477 g/mol. The van der Waals surface area contributed by atoms with Crippen molar-refractivity contribution in [3.05, 3.63) is 0 Å². The molecule has 0 aromatic rings. The number of carbonyl (C=O) groups excluding carboxylic acids is 1. The summed E-state index contributed by atoms with van der Waals surface area (Å²) in [5.74, 6) is 2.81. The van der Waals surface area contributed by atoms with Crippen LogP contribution in [0.25, 0.3) is 0 Å². The minimum Gasteiger partial charge on any atom is -0.444 e. The number of amides is 1. The topological polar surface area (TPSA) is 68.2 Å². The van der Waals surface area contributed by atoms with Crippen LogP contribution in [0.1, 0.15) is 86.0 Å². The molecule has 5 aliphatic rings. The van der Waals surface area contributed by atoms with Crippen molar-refractivity contribution in [1.82, 2.24) is 4.90 Å². The van der Waals surface area contributed by atoms with Crippen LogP contribution in [0.4, 0.5) is 4.79 Å². The Morgan fingerprint density at radius 3 is 2.47 bits per heavy atom. The Labute approximate surface area is 206 Å². The van der Waals surface area contributed by atoms with Gasteiger partial charge in [-0.3, -0.25) is 0 Å². The zero-order valence-corrected chi connectivity index (χ0v) is 22.1. The van der Waals surface area contributed by atoms with Gasteiger partial charge in [0.25, 0.3) is 0 Å². The van der Waals surface area contributed by atoms with Crippen molar-refractivity contribution < 1.29 is 24.1 Å². The van der Waals surface area contributed by atoms with Crippen LogP contribution in [-0.2, 0) is 14.2 Å². The molecule has 3 aliphatic heterocycles. The molecule has 2 saturated carbocycles. The Balaban J connectivity index is 1.16. The van der Waals surface area contributed by atoms with Crippen molar-refractivity contribution in [3.8, 4) is 0 Å². The molecule has 0 radical (unpaired) electrons. The molecule has 4 unspecified atom stereocenters. The molecule has 5 fully saturated rings. The van der Waals surface area contributed by atoms with Gasteiger partial charge in [-0.1, -0.05) is 13.3 Å². The van der Waals surface area contributed by atoms with Gasteiger partial charge in [-0.05, 0) is 102 Å². The minimum absolute atomic E-state index is 0.0302. The zero-order valence-electron chi connectivity index (χ0n) is 22.1. The van der Waals surface area contributed by atoms with E-state index in [1.807, 2.05) is 25.7 Å². The standard InChI is InChI=1S/C28H47NO5/c1-26(2,3)34-25(31)29-15-19(16-29)7-6-18-8-11-27(4)20-9-12-28(5)21(10-13-32-28)24(20)33-23(17-30)22(27)14-18/h18-24,30H,6-17H2,1-5H3/t18-,20?,21?,22?,23+,24?,27+,28-/m0/s1. The average molecular weight is 478 g/mol. The van der Waals surface area contributed by atoms with Crippen molar-refractivity contribution in [3.63, 3.8) is 0 Å². The van der Waals surface area contributed by atoms with E-state index in [0.717, 1.165) is 32.5 Å². The van der Waals surface area contributed by atoms with E-state index >= 15 is 0 Å². The van der Waals surface area contributed by atoms with E-state index in [1.165, 1.54) is 38.5 Å². The fourth-order valence-corrected chi connectivity index (χ4v) is 8.29. The number of fused-ring (bicyclic) bond motifs is 5. The van der Waals surface area contributed by atoms with Crippen LogP contribution < -0.4 is 0 Å². The van der Waals surface area contributed by atoms with Gasteiger partial charge in [-0.15, -0.1) is 0 Å². The van der Waals surface area contributed by atoms with E-state index in [0.29, 0.717) is 29.6 Å². The largest absolute Gasteiger partial charge is 0.444 e. The summed E-state index contributed by atoms with van der Waals surface area (Å²) in [6.45, 7) is 13.2. The van der Waals surface area contributed by atoms with Crippen LogP contribution in [0.5, 0.6) is 0 Å². The lowest BCUT2D eigenvalue weighted by atomic mass is 9.50. The van der Waals surface area contributed by atoms with Gasteiger partial charge in [-0.2, -0.15) is 0 Å². The van der Waals surface area contributed by atoms with Gasteiger partial charge < -0.3 is 24.2 Å². The molecule has 0 bridgehead atoms. The van der Waals surface area contributed by atoms with Gasteiger partial charge in [0.15, 0.2) is 0 Å². The molecule has 34 heavy (non-hydrogen) atoms. The third-order valence-electron chi connectivity index (χ3n) is 10.3. The first-order chi connectivity index (χ1) is 16.0. The summed E-state index contributed by atoms with van der Waals surface area (Å²) in [6.07, 6.45) is 9.58. The molecule has 5 rings (SSSR count). The zero-order chi connectivity index (χ0) is 24.3. The molecule has 6 heteroatoms. The maximum absolute atomic E-state index is 12.2. The molecule has 8 atom stereocenters. The van der Waals surface area contributed by atoms with E-state index in [1.54, 1.807) is 0 Å². The Bertz CT molecular complexity index is 760. The molecule has 0 aromatic heterocycles. The number of carbonyl (C=O) groups is 1. The third-order valence-corrected chi connectivity index (χ3v) is 10.3. The van der Waals surface area contributed by atoms with Crippen LogP contribution in [0.15, 0.2) is 0 Å². The van der Waals surface area contributed by atoms with Gasteiger partial charge in [0, 0.05) is 25.6 Å². The highest BCUT2D eigenvalue weighted by atomic mass is 16.6. The SMILES string of the molecule is CC(C)(C)OC(=O)N1CC(CC[C@H]2CC[C@]3(C)C4CC[C@]5(C)OCCC5C4O[C@H](CO)C3C2)C1. The highest BCUT2D eigenvalue weighted by molar-refractivity contribution is 5.69. The Morgan fingerprint density at radius 2 is 1.76 bits per heavy atom. The summed E-state index contributed by atoms with van der Waals surface area (Å²) in [4.78, 5) is 14.1. The van der Waals surface area contributed by atoms with Crippen LogP contribution in [0.3, 0.4) is 0 Å². The molecule has 0 aromatic carbocycles. The molecular weight excluding hydrogens is 430 g/mol. The smallest absolute Gasteiger partial charge is 0.410 e. The summed E-state index contributed by atoms with van der Waals surface area (Å²) >= 11 is 0. The summed E-state index contributed by atoms with van der Waals surface area (Å²) < 4.78 is 18.4. The van der Waals surface area contributed by atoms with E-state index in [-0.39, 0.29) is 35.9 Å². The first kappa shape index (κ1) is 24.8. The molecule has 3 saturated heterocycles. The predicted octanol–water partition coefficient (Wildman–Crippen LogP) is 5.02.